The van der Waals surface area contributed by atoms with Crippen LogP contribution in [0.4, 0.5) is 0 Å². The lowest BCUT2D eigenvalue weighted by Gasteiger charge is -1.94. The molecule has 0 N–H and O–H groups in total. The first-order valence-corrected chi connectivity index (χ1v) is 3.04. The molecule has 1 unspecified atom stereocenters. The Morgan fingerprint density at radius 1 is 1.50 bits per heavy atom. The number of rotatable bonds is 0. The Hall–Kier alpha value is -1.18. The zero-order valence-electron chi connectivity index (χ0n) is 7.55. The summed E-state index contributed by atoms with van der Waals surface area (Å²) in [6.45, 7) is 0.814. The highest BCUT2D eigenvalue weighted by atomic mass is 16.7. The van der Waals surface area contributed by atoms with Gasteiger partial charge in [-0.15, -0.1) is 0 Å². The van der Waals surface area contributed by atoms with Crippen LogP contribution >= 0.6 is 0 Å². The Bertz CT molecular complexity index is 325. The average molecular weight is 138 g/mol. The topological polar surface area (TPSA) is 18.5 Å². The van der Waals surface area contributed by atoms with Gasteiger partial charge in [0, 0.05) is 0 Å². The average Bonchev–Trinajstić information content (AvgIpc) is 2.39. The Morgan fingerprint density at radius 3 is 3.20 bits per heavy atom. The van der Waals surface area contributed by atoms with E-state index in [-0.39, 0.29) is 0 Å². The summed E-state index contributed by atoms with van der Waals surface area (Å²) in [4.78, 5) is 0. The highest BCUT2D eigenvalue weighted by molar-refractivity contribution is 5.43. The second kappa shape index (κ2) is 1.90. The molecule has 2 nitrogen and oxygen atoms in total. The summed E-state index contributed by atoms with van der Waals surface area (Å²) in [5, 5.41) is 0. The molecule has 0 saturated heterocycles. The maximum atomic E-state index is 7.58. The van der Waals surface area contributed by atoms with Crippen molar-refractivity contribution in [2.24, 2.45) is 0 Å². The molecule has 0 saturated carbocycles. The number of hydrogen-bond acceptors (Lipinski definition) is 2. The molecule has 1 atom stereocenters. The molecule has 0 aliphatic carbocycles. The summed E-state index contributed by atoms with van der Waals surface area (Å²) >= 11 is 0. The van der Waals surface area contributed by atoms with Crippen LogP contribution < -0.4 is 9.47 Å². The van der Waals surface area contributed by atoms with Crippen molar-refractivity contribution in [3.05, 3.63) is 23.7 Å². The van der Waals surface area contributed by atoms with Crippen molar-refractivity contribution in [3.8, 4) is 11.5 Å². The van der Waals surface area contributed by atoms with E-state index in [1.54, 1.807) is 12.1 Å². The predicted molar refractivity (Wildman–Crippen MR) is 37.3 cm³/mol. The monoisotopic (exact) mass is 138 g/mol. The summed E-state index contributed by atoms with van der Waals surface area (Å²) in [7, 11) is 0. The van der Waals surface area contributed by atoms with E-state index < -0.39 is 6.77 Å². The van der Waals surface area contributed by atoms with Crippen LogP contribution in [-0.4, -0.2) is 6.77 Å². The molecule has 0 radical (unpaired) electrons. The smallest absolute Gasteiger partial charge is 0.231 e. The van der Waals surface area contributed by atoms with Gasteiger partial charge in [-0.25, -0.2) is 0 Å². The van der Waals surface area contributed by atoms with Gasteiger partial charge in [-0.05, 0) is 24.6 Å². The lowest BCUT2D eigenvalue weighted by atomic mass is 10.2. The van der Waals surface area contributed by atoms with Crippen molar-refractivity contribution in [1.29, 1.82) is 0 Å². The number of aryl methyl sites for hydroxylation is 1. The van der Waals surface area contributed by atoms with Gasteiger partial charge in [0.2, 0.25) is 6.77 Å². The Kier molecular flexibility index (Phi) is 0.735. The summed E-state index contributed by atoms with van der Waals surface area (Å²) in [6.07, 6.45) is 0. The first kappa shape index (κ1) is 3.86. The number of fused-ring (bicyclic) bond motifs is 1. The van der Waals surface area contributed by atoms with E-state index in [2.05, 4.69) is 0 Å². The molecule has 0 aromatic heterocycles. The van der Waals surface area contributed by atoms with Gasteiger partial charge in [0.25, 0.3) is 0 Å². The fourth-order valence-corrected chi connectivity index (χ4v) is 0.863. The van der Waals surface area contributed by atoms with E-state index in [9.17, 15) is 0 Å². The summed E-state index contributed by atoms with van der Waals surface area (Å²) in [5.74, 6) is 0.876. The molecule has 0 bridgehead atoms. The normalized spacial score (nSPS) is 23.9. The van der Waals surface area contributed by atoms with E-state index in [1.165, 1.54) is 0 Å². The van der Waals surface area contributed by atoms with Crippen molar-refractivity contribution in [3.63, 3.8) is 0 Å². The third kappa shape index (κ3) is 0.727. The van der Waals surface area contributed by atoms with Crippen molar-refractivity contribution >= 4 is 0 Å². The van der Waals surface area contributed by atoms with E-state index in [1.807, 2.05) is 6.92 Å². The fourth-order valence-electron chi connectivity index (χ4n) is 0.863. The van der Waals surface area contributed by atoms with Crippen LogP contribution in [0.2, 0.25) is 0 Å². The van der Waals surface area contributed by atoms with Crippen molar-refractivity contribution < 1.29 is 12.2 Å². The summed E-state index contributed by atoms with van der Waals surface area (Å²) in [6, 6.07) is 3.81. The molecular weight excluding hydrogens is 128 g/mol. The van der Waals surface area contributed by atoms with Gasteiger partial charge in [-0.2, -0.15) is 0 Å². The van der Waals surface area contributed by atoms with Gasteiger partial charge in [0.1, 0.15) is 1.37 Å². The van der Waals surface area contributed by atoms with E-state index >= 15 is 0 Å². The molecule has 1 aliphatic rings. The Morgan fingerprint density at radius 2 is 2.30 bits per heavy atom. The highest BCUT2D eigenvalue weighted by Crippen LogP contribution is 2.31. The van der Waals surface area contributed by atoms with E-state index in [4.69, 9.17) is 12.2 Å². The fraction of sp³-hybridized carbons (Fsp3) is 0.250. The maximum Gasteiger partial charge on any atom is 0.231 e. The van der Waals surface area contributed by atoms with Gasteiger partial charge in [0.05, 0.1) is 1.37 Å². The summed E-state index contributed by atoms with van der Waals surface area (Å²) in [5.41, 5.74) is 0.825. The Balaban J connectivity index is 2.54. The maximum absolute atomic E-state index is 7.58. The van der Waals surface area contributed by atoms with Crippen LogP contribution in [-0.2, 0) is 0 Å². The van der Waals surface area contributed by atoms with Gasteiger partial charge in [-0.3, -0.25) is 0 Å². The van der Waals surface area contributed by atoms with Gasteiger partial charge < -0.3 is 9.47 Å². The van der Waals surface area contributed by atoms with E-state index in [0.717, 1.165) is 5.56 Å². The van der Waals surface area contributed by atoms with Crippen LogP contribution in [0, 0.1) is 6.92 Å². The zero-order valence-corrected chi connectivity index (χ0v) is 5.55. The molecule has 10 heavy (non-hydrogen) atoms. The van der Waals surface area contributed by atoms with Crippen LogP contribution in [0.1, 0.15) is 8.30 Å². The molecule has 2 heteroatoms. The molecule has 0 amide bonds. The lowest BCUT2D eigenvalue weighted by Crippen LogP contribution is -1.92. The van der Waals surface area contributed by atoms with Gasteiger partial charge >= 0.3 is 0 Å². The largest absolute Gasteiger partial charge is 0.454 e. The molecule has 0 fully saturated rings. The van der Waals surface area contributed by atoms with Crippen LogP contribution in [0.15, 0.2) is 18.2 Å². The molecule has 2 rings (SSSR count). The minimum absolute atomic E-state index is 0.308. The second-order valence-corrected chi connectivity index (χ2v) is 2.17. The Labute approximate surface area is 62.2 Å². The van der Waals surface area contributed by atoms with Gasteiger partial charge in [0.15, 0.2) is 11.5 Å². The number of benzene rings is 1. The minimum atomic E-state index is -1.01. The standard InChI is InChI=1S/C8H8O2/c1-6-2-3-7-8(4-6)10-5-9-7/h2-4H,5H2,1H3/i4D,5D. The van der Waals surface area contributed by atoms with Gasteiger partial charge in [-0.1, -0.05) is 6.07 Å². The zero-order chi connectivity index (χ0) is 8.72. The lowest BCUT2D eigenvalue weighted by molar-refractivity contribution is 0.174. The minimum Gasteiger partial charge on any atom is -0.454 e. The first-order valence-electron chi connectivity index (χ1n) is 4.12. The second-order valence-electron chi connectivity index (χ2n) is 2.17. The third-order valence-electron chi connectivity index (χ3n) is 1.36. The van der Waals surface area contributed by atoms with Crippen molar-refractivity contribution in [2.75, 3.05) is 6.77 Å². The van der Waals surface area contributed by atoms with Crippen molar-refractivity contribution in [1.82, 2.24) is 0 Å². The highest BCUT2D eigenvalue weighted by Gasteiger charge is 2.11. The number of hydrogen-bond donors (Lipinski definition) is 0. The third-order valence-corrected chi connectivity index (χ3v) is 1.36. The quantitative estimate of drug-likeness (QED) is 0.543. The van der Waals surface area contributed by atoms with E-state index in [0.29, 0.717) is 17.5 Å². The SMILES string of the molecule is [2H]c1c(C)ccc2c1OC([2H])O2. The molecule has 1 aromatic carbocycles. The number of ether oxygens (including phenoxy) is 2. The molecule has 52 valence electrons. The predicted octanol–water partition coefficient (Wildman–Crippen LogP) is 1.72. The molecule has 0 spiro atoms. The molecular formula is C8H8O2. The van der Waals surface area contributed by atoms with Crippen LogP contribution in [0.25, 0.3) is 0 Å². The summed E-state index contributed by atoms with van der Waals surface area (Å²) < 4.78 is 24.7. The molecule has 1 heterocycles. The first-order chi connectivity index (χ1) is 5.68. The van der Waals surface area contributed by atoms with Crippen LogP contribution in [0.3, 0.4) is 0 Å². The molecule has 1 aliphatic heterocycles. The van der Waals surface area contributed by atoms with Crippen LogP contribution in [0.5, 0.6) is 11.5 Å². The van der Waals surface area contributed by atoms with Crippen molar-refractivity contribution in [2.45, 2.75) is 6.92 Å². The molecule has 1 aromatic rings.